The second-order valence-corrected chi connectivity index (χ2v) is 5.14. The van der Waals surface area contributed by atoms with Crippen LogP contribution in [0.2, 0.25) is 0 Å². The van der Waals surface area contributed by atoms with Gasteiger partial charge in [0.25, 0.3) is 0 Å². The Balaban J connectivity index is 2.48. The molecule has 1 heterocycles. The van der Waals surface area contributed by atoms with Crippen LogP contribution in [0, 0.1) is 0 Å². The van der Waals surface area contributed by atoms with Gasteiger partial charge in [-0.2, -0.15) is 0 Å². The van der Waals surface area contributed by atoms with Gasteiger partial charge in [0.05, 0.1) is 0 Å². The average molecular weight is 258 g/mol. The van der Waals surface area contributed by atoms with Crippen molar-refractivity contribution in [2.75, 3.05) is 13.1 Å². The van der Waals surface area contributed by atoms with E-state index in [1.165, 1.54) is 4.90 Å². The Morgan fingerprint density at radius 3 is 2.61 bits per heavy atom. The van der Waals surface area contributed by atoms with Crippen LogP contribution in [-0.4, -0.2) is 52.7 Å². The third-order valence-corrected chi connectivity index (χ3v) is 2.31. The largest absolute Gasteiger partial charge is 0.480 e. The number of rotatable bonds is 3. The number of carboxylic acid groups (broad SMARTS) is 1. The van der Waals surface area contributed by atoms with Gasteiger partial charge in [0, 0.05) is 6.54 Å². The summed E-state index contributed by atoms with van der Waals surface area (Å²) < 4.78 is 5.03. The first kappa shape index (κ1) is 14.3. The van der Waals surface area contributed by atoms with Crippen molar-refractivity contribution in [1.29, 1.82) is 0 Å². The Morgan fingerprint density at radius 1 is 1.50 bits per heavy atom. The van der Waals surface area contributed by atoms with E-state index in [-0.39, 0.29) is 12.5 Å². The summed E-state index contributed by atoms with van der Waals surface area (Å²) in [6, 6.07) is -0.695. The highest BCUT2D eigenvalue weighted by atomic mass is 16.6. The minimum Gasteiger partial charge on any atom is -0.480 e. The van der Waals surface area contributed by atoms with Crippen LogP contribution in [0.15, 0.2) is 0 Å². The number of nitrogens with zero attached hydrogens (tertiary/aromatic N) is 1. The first-order chi connectivity index (χ1) is 8.19. The molecule has 1 aliphatic heterocycles. The Kier molecular flexibility index (Phi) is 4.15. The van der Waals surface area contributed by atoms with E-state index in [2.05, 4.69) is 5.32 Å². The van der Waals surface area contributed by atoms with Crippen molar-refractivity contribution in [3.63, 3.8) is 0 Å². The van der Waals surface area contributed by atoms with Crippen LogP contribution in [0.25, 0.3) is 0 Å². The lowest BCUT2D eigenvalue weighted by atomic mass is 10.2. The second-order valence-electron chi connectivity index (χ2n) is 5.14. The van der Waals surface area contributed by atoms with Crippen LogP contribution in [0.5, 0.6) is 0 Å². The number of hydrogen-bond donors (Lipinski definition) is 2. The zero-order chi connectivity index (χ0) is 13.9. The molecule has 0 bridgehead atoms. The van der Waals surface area contributed by atoms with E-state index in [0.29, 0.717) is 13.0 Å². The molecule has 7 heteroatoms. The van der Waals surface area contributed by atoms with Gasteiger partial charge in [-0.1, -0.05) is 0 Å². The van der Waals surface area contributed by atoms with E-state index in [1.54, 1.807) is 20.8 Å². The highest BCUT2D eigenvalue weighted by Gasteiger charge is 2.34. The molecule has 1 saturated heterocycles. The standard InChI is InChI=1S/C11H18N2O5/c1-11(2,3)18-10(17)12-7-4-5-13(9(7)16)6-8(14)15/h7H,4-6H2,1-3H3,(H,12,17)(H,14,15). The lowest BCUT2D eigenvalue weighted by Gasteiger charge is -2.21. The average Bonchev–Trinajstić information content (AvgIpc) is 2.46. The van der Waals surface area contributed by atoms with E-state index in [1.807, 2.05) is 0 Å². The lowest BCUT2D eigenvalue weighted by Crippen LogP contribution is -2.44. The van der Waals surface area contributed by atoms with Crippen LogP contribution in [0.3, 0.4) is 0 Å². The molecule has 0 aromatic heterocycles. The number of alkyl carbamates (subject to hydrolysis) is 1. The van der Waals surface area contributed by atoms with Gasteiger partial charge in [-0.15, -0.1) is 0 Å². The lowest BCUT2D eigenvalue weighted by molar-refractivity contribution is -0.143. The fourth-order valence-corrected chi connectivity index (χ4v) is 1.64. The van der Waals surface area contributed by atoms with Crippen molar-refractivity contribution >= 4 is 18.0 Å². The second kappa shape index (κ2) is 5.24. The number of aliphatic carboxylic acids is 1. The molecule has 102 valence electrons. The molecule has 0 aromatic carbocycles. The van der Waals surface area contributed by atoms with E-state index < -0.39 is 23.7 Å². The van der Waals surface area contributed by atoms with Gasteiger partial charge in [-0.05, 0) is 27.2 Å². The zero-order valence-electron chi connectivity index (χ0n) is 10.7. The molecule has 2 amide bonds. The van der Waals surface area contributed by atoms with Crippen LogP contribution >= 0.6 is 0 Å². The molecular formula is C11H18N2O5. The fourth-order valence-electron chi connectivity index (χ4n) is 1.64. The summed E-state index contributed by atoms with van der Waals surface area (Å²) in [5, 5.41) is 11.0. The Hall–Kier alpha value is -1.79. The van der Waals surface area contributed by atoms with Crippen molar-refractivity contribution in [2.24, 2.45) is 0 Å². The molecule has 0 saturated carbocycles. The van der Waals surface area contributed by atoms with Gasteiger partial charge in [0.2, 0.25) is 5.91 Å². The molecule has 1 unspecified atom stereocenters. The Labute approximate surface area is 105 Å². The van der Waals surface area contributed by atoms with Crippen molar-refractivity contribution in [3.05, 3.63) is 0 Å². The quantitative estimate of drug-likeness (QED) is 0.753. The van der Waals surface area contributed by atoms with Gasteiger partial charge in [0.15, 0.2) is 0 Å². The van der Waals surface area contributed by atoms with E-state index in [4.69, 9.17) is 9.84 Å². The topological polar surface area (TPSA) is 95.9 Å². The number of likely N-dealkylation sites (tertiary alicyclic amines) is 1. The predicted molar refractivity (Wildman–Crippen MR) is 62.0 cm³/mol. The molecule has 0 spiro atoms. The summed E-state index contributed by atoms with van der Waals surface area (Å²) in [4.78, 5) is 34.9. The molecule has 1 fully saturated rings. The molecule has 0 radical (unpaired) electrons. The minimum absolute atomic E-state index is 0.325. The third kappa shape index (κ3) is 4.23. The summed E-state index contributed by atoms with van der Waals surface area (Å²) in [5.41, 5.74) is -0.632. The number of amides is 2. The molecule has 18 heavy (non-hydrogen) atoms. The number of carbonyl (C=O) groups excluding carboxylic acids is 2. The fraction of sp³-hybridized carbons (Fsp3) is 0.727. The maximum Gasteiger partial charge on any atom is 0.408 e. The number of hydrogen-bond acceptors (Lipinski definition) is 4. The SMILES string of the molecule is CC(C)(C)OC(=O)NC1CCN(CC(=O)O)C1=O. The van der Waals surface area contributed by atoms with Gasteiger partial charge < -0.3 is 20.1 Å². The Bertz CT molecular complexity index is 361. The summed E-state index contributed by atoms with van der Waals surface area (Å²) in [5.74, 6) is -1.45. The van der Waals surface area contributed by atoms with E-state index in [9.17, 15) is 14.4 Å². The third-order valence-electron chi connectivity index (χ3n) is 2.31. The monoisotopic (exact) mass is 258 g/mol. The molecule has 1 rings (SSSR count). The number of ether oxygens (including phenoxy) is 1. The smallest absolute Gasteiger partial charge is 0.408 e. The summed E-state index contributed by atoms with van der Waals surface area (Å²) >= 11 is 0. The summed E-state index contributed by atoms with van der Waals surface area (Å²) in [7, 11) is 0. The highest BCUT2D eigenvalue weighted by molar-refractivity contribution is 5.89. The van der Waals surface area contributed by atoms with Crippen LogP contribution in [-0.2, 0) is 14.3 Å². The van der Waals surface area contributed by atoms with Crippen LogP contribution in [0.4, 0.5) is 4.79 Å². The van der Waals surface area contributed by atoms with Crippen molar-refractivity contribution in [2.45, 2.75) is 38.8 Å². The molecule has 1 atom stereocenters. The molecule has 0 aliphatic carbocycles. The zero-order valence-corrected chi connectivity index (χ0v) is 10.7. The number of carboxylic acids is 1. The summed E-state index contributed by atoms with van der Waals surface area (Å²) in [6.07, 6.45) is -0.274. The first-order valence-corrected chi connectivity index (χ1v) is 5.69. The number of carbonyl (C=O) groups is 3. The van der Waals surface area contributed by atoms with Crippen molar-refractivity contribution < 1.29 is 24.2 Å². The van der Waals surface area contributed by atoms with E-state index >= 15 is 0 Å². The highest BCUT2D eigenvalue weighted by Crippen LogP contribution is 2.12. The van der Waals surface area contributed by atoms with Crippen LogP contribution in [0.1, 0.15) is 27.2 Å². The normalized spacial score (nSPS) is 19.8. The van der Waals surface area contributed by atoms with Gasteiger partial charge in [0.1, 0.15) is 18.2 Å². The number of nitrogens with one attached hydrogen (secondary N) is 1. The molecule has 7 nitrogen and oxygen atoms in total. The maximum absolute atomic E-state index is 11.7. The minimum atomic E-state index is -1.07. The van der Waals surface area contributed by atoms with Gasteiger partial charge in [-0.25, -0.2) is 4.79 Å². The maximum atomic E-state index is 11.7. The van der Waals surface area contributed by atoms with Crippen molar-refractivity contribution in [1.82, 2.24) is 10.2 Å². The van der Waals surface area contributed by atoms with Gasteiger partial charge >= 0.3 is 12.1 Å². The van der Waals surface area contributed by atoms with Crippen molar-refractivity contribution in [3.8, 4) is 0 Å². The summed E-state index contributed by atoms with van der Waals surface area (Å²) in [6.45, 7) is 5.15. The van der Waals surface area contributed by atoms with Gasteiger partial charge in [-0.3, -0.25) is 9.59 Å². The molecular weight excluding hydrogens is 240 g/mol. The molecule has 0 aromatic rings. The molecule has 2 N–H and O–H groups in total. The predicted octanol–water partition coefficient (Wildman–Crippen LogP) is 0.197. The molecule has 1 aliphatic rings. The van der Waals surface area contributed by atoms with E-state index in [0.717, 1.165) is 0 Å². The first-order valence-electron chi connectivity index (χ1n) is 5.69. The Morgan fingerprint density at radius 2 is 2.11 bits per heavy atom. The van der Waals surface area contributed by atoms with Crippen LogP contribution < -0.4 is 5.32 Å².